The number of hydrogen-bond acceptors (Lipinski definition) is 3. The number of halogens is 1. The van der Waals surface area contributed by atoms with Crippen molar-refractivity contribution in [3.05, 3.63) is 53.0 Å². The van der Waals surface area contributed by atoms with E-state index in [9.17, 15) is 9.59 Å². The van der Waals surface area contributed by atoms with E-state index in [0.29, 0.717) is 5.69 Å². The molecule has 4 nitrogen and oxygen atoms in total. The number of carbonyl (C=O) groups is 2. The van der Waals surface area contributed by atoms with Crippen LogP contribution < -0.4 is 5.32 Å². The molecule has 1 N–H and O–H groups in total. The van der Waals surface area contributed by atoms with E-state index in [1.54, 1.807) is 36.4 Å². The van der Waals surface area contributed by atoms with Crippen molar-refractivity contribution in [2.24, 2.45) is 0 Å². The van der Waals surface area contributed by atoms with Gasteiger partial charge in [-0.2, -0.15) is 0 Å². The Hall–Kier alpha value is -1.88. The molecule has 19 heavy (non-hydrogen) atoms. The van der Waals surface area contributed by atoms with Crippen LogP contribution in [-0.4, -0.2) is 18.5 Å². The molecule has 0 spiro atoms. The second-order valence-electron chi connectivity index (χ2n) is 3.52. The topological polar surface area (TPSA) is 55.4 Å². The number of ether oxygens (including phenoxy) is 1. The van der Waals surface area contributed by atoms with Crippen LogP contribution in [0.5, 0.6) is 0 Å². The van der Waals surface area contributed by atoms with E-state index < -0.39 is 5.97 Å². The Balaban J connectivity index is 2.40. The number of benzene rings is 1. The number of para-hydroxylation sites is 1. The molecular formula is C14H14BrNO3. The average Bonchev–Trinajstić information content (AvgIpc) is 2.39. The van der Waals surface area contributed by atoms with Gasteiger partial charge in [0.1, 0.15) is 0 Å². The van der Waals surface area contributed by atoms with E-state index >= 15 is 0 Å². The average molecular weight is 324 g/mol. The molecule has 0 aliphatic heterocycles. The highest BCUT2D eigenvalue weighted by Crippen LogP contribution is 2.20. The number of allylic oxidation sites excluding steroid dienone is 3. The molecule has 0 saturated heterocycles. The van der Waals surface area contributed by atoms with Crippen molar-refractivity contribution in [2.45, 2.75) is 6.92 Å². The highest BCUT2D eigenvalue weighted by molar-refractivity contribution is 9.10. The molecule has 0 fully saturated rings. The molecule has 0 atom stereocenters. The minimum atomic E-state index is -0.555. The van der Waals surface area contributed by atoms with Gasteiger partial charge in [0, 0.05) is 10.5 Å². The summed E-state index contributed by atoms with van der Waals surface area (Å²) < 4.78 is 5.54. The van der Waals surface area contributed by atoms with E-state index in [4.69, 9.17) is 4.74 Å². The van der Waals surface area contributed by atoms with Crippen LogP contribution in [0.4, 0.5) is 5.69 Å². The Morgan fingerprint density at radius 3 is 2.74 bits per heavy atom. The maximum atomic E-state index is 11.6. The zero-order valence-corrected chi connectivity index (χ0v) is 12.0. The summed E-state index contributed by atoms with van der Waals surface area (Å²) in [6, 6.07) is 7.19. The van der Waals surface area contributed by atoms with Gasteiger partial charge in [-0.25, -0.2) is 4.79 Å². The van der Waals surface area contributed by atoms with E-state index in [-0.39, 0.29) is 12.5 Å². The highest BCUT2D eigenvalue weighted by atomic mass is 79.9. The van der Waals surface area contributed by atoms with Crippen LogP contribution in [0.3, 0.4) is 0 Å². The molecule has 0 aromatic heterocycles. The van der Waals surface area contributed by atoms with Crippen LogP contribution >= 0.6 is 15.9 Å². The van der Waals surface area contributed by atoms with Gasteiger partial charge in [-0.1, -0.05) is 30.4 Å². The molecular weight excluding hydrogens is 310 g/mol. The maximum absolute atomic E-state index is 11.6. The lowest BCUT2D eigenvalue weighted by Gasteiger charge is -2.06. The third-order valence-corrected chi connectivity index (χ3v) is 2.72. The predicted molar refractivity (Wildman–Crippen MR) is 77.7 cm³/mol. The maximum Gasteiger partial charge on any atom is 0.331 e. The molecule has 0 radical (unpaired) electrons. The van der Waals surface area contributed by atoms with Crippen molar-refractivity contribution < 1.29 is 14.3 Å². The molecule has 5 heteroatoms. The van der Waals surface area contributed by atoms with Crippen LogP contribution in [-0.2, 0) is 14.3 Å². The zero-order chi connectivity index (χ0) is 14.1. The van der Waals surface area contributed by atoms with Gasteiger partial charge in [-0.05, 0) is 35.0 Å². The molecule has 1 aromatic carbocycles. The number of anilines is 1. The molecule has 1 aromatic rings. The van der Waals surface area contributed by atoms with Gasteiger partial charge in [-0.15, -0.1) is 0 Å². The van der Waals surface area contributed by atoms with Gasteiger partial charge < -0.3 is 10.1 Å². The zero-order valence-electron chi connectivity index (χ0n) is 10.4. The summed E-state index contributed by atoms with van der Waals surface area (Å²) in [5, 5.41) is 2.63. The Bertz CT molecular complexity index is 509. The van der Waals surface area contributed by atoms with Crippen LogP contribution in [0.25, 0.3) is 0 Å². The molecule has 0 unspecified atom stereocenters. The fourth-order valence-corrected chi connectivity index (χ4v) is 1.56. The molecule has 1 rings (SSSR count). The SMILES string of the molecule is C/C=C/C=C/C(=O)OCC(=O)Nc1ccccc1Br. The lowest BCUT2D eigenvalue weighted by atomic mass is 10.3. The van der Waals surface area contributed by atoms with Crippen molar-refractivity contribution in [3.8, 4) is 0 Å². The Morgan fingerprint density at radius 1 is 1.32 bits per heavy atom. The molecule has 100 valence electrons. The predicted octanol–water partition coefficient (Wildman–Crippen LogP) is 3.06. The van der Waals surface area contributed by atoms with E-state index in [1.807, 2.05) is 13.0 Å². The Morgan fingerprint density at radius 2 is 2.05 bits per heavy atom. The lowest BCUT2D eigenvalue weighted by molar-refractivity contribution is -0.142. The third-order valence-electron chi connectivity index (χ3n) is 2.03. The summed E-state index contributed by atoms with van der Waals surface area (Å²) >= 11 is 3.31. The van der Waals surface area contributed by atoms with E-state index in [2.05, 4.69) is 21.2 Å². The van der Waals surface area contributed by atoms with Crippen LogP contribution in [0.15, 0.2) is 53.0 Å². The monoisotopic (exact) mass is 323 g/mol. The molecule has 0 saturated carbocycles. The Kier molecular flexibility index (Phi) is 6.60. The first-order valence-electron chi connectivity index (χ1n) is 5.64. The van der Waals surface area contributed by atoms with Crippen LogP contribution in [0.1, 0.15) is 6.92 Å². The summed E-state index contributed by atoms with van der Waals surface area (Å²) in [7, 11) is 0. The first kappa shape index (κ1) is 15.2. The minimum Gasteiger partial charge on any atom is -0.452 e. The van der Waals surface area contributed by atoms with Crippen molar-refractivity contribution >= 4 is 33.5 Å². The fraction of sp³-hybridized carbons (Fsp3) is 0.143. The molecule has 1 amide bonds. The molecule has 0 bridgehead atoms. The highest BCUT2D eigenvalue weighted by Gasteiger charge is 2.07. The molecule has 0 aliphatic rings. The number of esters is 1. The fourth-order valence-electron chi connectivity index (χ4n) is 1.18. The second-order valence-corrected chi connectivity index (χ2v) is 4.37. The standard InChI is InChI=1S/C14H14BrNO3/c1-2-3-4-9-14(18)19-10-13(17)16-12-8-6-5-7-11(12)15/h2-9H,10H2,1H3,(H,16,17)/b3-2+,9-4+. The largest absolute Gasteiger partial charge is 0.452 e. The summed E-state index contributed by atoms with van der Waals surface area (Å²) in [5.74, 6) is -0.944. The van der Waals surface area contributed by atoms with E-state index in [1.165, 1.54) is 6.08 Å². The van der Waals surface area contributed by atoms with Crippen molar-refractivity contribution in [1.82, 2.24) is 0 Å². The third kappa shape index (κ3) is 6.01. The van der Waals surface area contributed by atoms with Gasteiger partial charge in [-0.3, -0.25) is 4.79 Å². The summed E-state index contributed by atoms with van der Waals surface area (Å²) in [6.45, 7) is 1.52. The van der Waals surface area contributed by atoms with Gasteiger partial charge in [0.2, 0.25) is 0 Å². The van der Waals surface area contributed by atoms with Gasteiger partial charge in [0.15, 0.2) is 6.61 Å². The Labute approximate surface area is 120 Å². The quantitative estimate of drug-likeness (QED) is 0.514. The summed E-state index contributed by atoms with van der Waals surface area (Å²) in [5.41, 5.74) is 0.632. The molecule has 0 heterocycles. The first-order chi connectivity index (χ1) is 9.13. The van der Waals surface area contributed by atoms with E-state index in [0.717, 1.165) is 4.47 Å². The number of amides is 1. The summed E-state index contributed by atoms with van der Waals surface area (Å²) in [4.78, 5) is 22.8. The summed E-state index contributed by atoms with van der Waals surface area (Å²) in [6.07, 6.45) is 6.28. The van der Waals surface area contributed by atoms with Crippen molar-refractivity contribution in [3.63, 3.8) is 0 Å². The smallest absolute Gasteiger partial charge is 0.331 e. The van der Waals surface area contributed by atoms with Crippen LogP contribution in [0.2, 0.25) is 0 Å². The number of nitrogens with one attached hydrogen (secondary N) is 1. The van der Waals surface area contributed by atoms with Crippen molar-refractivity contribution in [1.29, 1.82) is 0 Å². The van der Waals surface area contributed by atoms with Gasteiger partial charge in [0.25, 0.3) is 5.91 Å². The number of hydrogen-bond donors (Lipinski definition) is 1. The van der Waals surface area contributed by atoms with Crippen molar-refractivity contribution in [2.75, 3.05) is 11.9 Å². The first-order valence-corrected chi connectivity index (χ1v) is 6.43. The lowest BCUT2D eigenvalue weighted by Crippen LogP contribution is -2.20. The number of rotatable bonds is 5. The minimum absolute atomic E-state index is 0.319. The van der Waals surface area contributed by atoms with Gasteiger partial charge >= 0.3 is 5.97 Å². The normalized spacial score (nSPS) is 10.8. The number of carbonyl (C=O) groups excluding carboxylic acids is 2. The molecule has 0 aliphatic carbocycles. The van der Waals surface area contributed by atoms with Gasteiger partial charge in [0.05, 0.1) is 5.69 Å². The second kappa shape index (κ2) is 8.26. The van der Waals surface area contributed by atoms with Crippen LogP contribution in [0, 0.1) is 0 Å².